The van der Waals surface area contributed by atoms with Crippen LogP contribution >= 0.6 is 0 Å². The molecule has 11 rings (SSSR count). The monoisotopic (exact) mass is 688 g/mol. The Bertz CT molecular complexity index is 2830. The van der Waals surface area contributed by atoms with Gasteiger partial charge in [0.05, 0.1) is 28.2 Å². The fraction of sp³-hybridized carbons (Fsp3) is 0.0385. The molecule has 0 saturated heterocycles. The molecule has 8 aromatic carbocycles. The summed E-state index contributed by atoms with van der Waals surface area (Å²) in [5, 5.41) is 5.04. The molecule has 1 atom stereocenters. The van der Waals surface area contributed by atoms with E-state index in [0.717, 1.165) is 0 Å². The molecule has 1 aliphatic carbocycles. The smallest absolute Gasteiger partial charge is 0.0965 e. The maximum atomic E-state index is 2.53. The van der Waals surface area contributed by atoms with Gasteiger partial charge >= 0.3 is 0 Å². The van der Waals surface area contributed by atoms with Crippen molar-refractivity contribution in [2.45, 2.75) is 11.5 Å². The fourth-order valence-electron chi connectivity index (χ4n) is 9.32. The number of para-hydroxylation sites is 1. The van der Waals surface area contributed by atoms with E-state index in [-0.39, 0.29) is 6.04 Å². The van der Waals surface area contributed by atoms with Gasteiger partial charge in [0.1, 0.15) is 0 Å². The van der Waals surface area contributed by atoms with E-state index in [0.29, 0.717) is 0 Å². The Labute approximate surface area is 315 Å². The third-order valence-corrected chi connectivity index (χ3v) is 11.7. The number of fused-ring (bicyclic) bond motifs is 6. The molecule has 9 aromatic rings. The van der Waals surface area contributed by atoms with Gasteiger partial charge in [0.15, 0.2) is 0 Å². The number of aromatic nitrogens is 1. The van der Waals surface area contributed by atoms with Gasteiger partial charge in [-0.15, -0.1) is 0 Å². The molecule has 0 bridgehead atoms. The zero-order chi connectivity index (χ0) is 35.6. The van der Waals surface area contributed by atoms with Crippen molar-refractivity contribution in [3.63, 3.8) is 0 Å². The lowest BCUT2D eigenvalue weighted by Crippen LogP contribution is -2.42. The zero-order valence-corrected chi connectivity index (χ0v) is 29.7. The predicted molar refractivity (Wildman–Crippen MR) is 224 cm³/mol. The van der Waals surface area contributed by atoms with E-state index < -0.39 is 5.41 Å². The summed E-state index contributed by atoms with van der Waals surface area (Å²) in [6.45, 7) is 0. The molecule has 1 aliphatic heterocycles. The maximum absolute atomic E-state index is 2.53. The van der Waals surface area contributed by atoms with Crippen molar-refractivity contribution >= 4 is 27.5 Å². The molecule has 0 fully saturated rings. The first-order valence-electron chi connectivity index (χ1n) is 18.8. The Morgan fingerprint density at radius 2 is 0.981 bits per heavy atom. The molecule has 1 unspecified atom stereocenters. The summed E-state index contributed by atoms with van der Waals surface area (Å²) in [5.41, 5.74) is 15.8. The Hall–Kier alpha value is -6.90. The van der Waals surface area contributed by atoms with E-state index >= 15 is 0 Å². The van der Waals surface area contributed by atoms with Crippen molar-refractivity contribution in [3.05, 3.63) is 246 Å². The van der Waals surface area contributed by atoms with Gasteiger partial charge in [-0.05, 0) is 86.0 Å². The quantitative estimate of drug-likeness (QED) is 0.169. The molecule has 0 radical (unpaired) electrons. The minimum Gasteiger partial charge on any atom is -0.269 e. The van der Waals surface area contributed by atoms with Gasteiger partial charge < -0.3 is 0 Å². The molecule has 254 valence electrons. The molecule has 0 saturated carbocycles. The summed E-state index contributed by atoms with van der Waals surface area (Å²) in [4.78, 5) is 0. The number of hydrogen-bond acceptors (Lipinski definition) is 1. The van der Waals surface area contributed by atoms with Crippen LogP contribution in [0.25, 0.3) is 49.8 Å². The summed E-state index contributed by atoms with van der Waals surface area (Å²) >= 11 is 0. The molecule has 0 amide bonds. The molecule has 0 N–H and O–H groups in total. The maximum Gasteiger partial charge on any atom is 0.0965 e. The molecule has 1 aromatic heterocycles. The average Bonchev–Trinajstić information content (AvgIpc) is 3.71. The topological polar surface area (TPSA) is 8.17 Å². The molecule has 0 spiro atoms. The first-order valence-corrected chi connectivity index (χ1v) is 18.8. The van der Waals surface area contributed by atoms with Gasteiger partial charge in [-0.25, -0.2) is 0 Å². The molecular formula is C52H36N2. The predicted octanol–water partition coefficient (Wildman–Crippen LogP) is 12.6. The van der Waals surface area contributed by atoms with Gasteiger partial charge in [-0.3, -0.25) is 9.69 Å². The van der Waals surface area contributed by atoms with Crippen LogP contribution in [-0.2, 0) is 5.41 Å². The number of hydrogen-bond donors (Lipinski definition) is 0. The van der Waals surface area contributed by atoms with Gasteiger partial charge in [0.2, 0.25) is 0 Å². The van der Waals surface area contributed by atoms with Crippen LogP contribution in [0.1, 0.15) is 39.4 Å². The molecule has 2 aliphatic rings. The highest BCUT2D eigenvalue weighted by Gasteiger charge is 2.47. The molecule has 2 heteroatoms. The van der Waals surface area contributed by atoms with E-state index in [1.807, 2.05) is 0 Å². The molecule has 2 nitrogen and oxygen atoms in total. The van der Waals surface area contributed by atoms with Crippen LogP contribution in [0.5, 0.6) is 0 Å². The molecular weight excluding hydrogens is 653 g/mol. The Morgan fingerprint density at radius 3 is 1.70 bits per heavy atom. The molecule has 54 heavy (non-hydrogen) atoms. The van der Waals surface area contributed by atoms with Crippen molar-refractivity contribution in [2.75, 3.05) is 5.01 Å². The summed E-state index contributed by atoms with van der Waals surface area (Å²) in [6, 6.07) is 75.8. The van der Waals surface area contributed by atoms with Crippen LogP contribution in [0.3, 0.4) is 0 Å². The lowest BCUT2D eigenvalue weighted by atomic mass is 9.67. The first kappa shape index (κ1) is 30.7. The third-order valence-electron chi connectivity index (χ3n) is 11.7. The van der Waals surface area contributed by atoms with E-state index in [2.05, 4.69) is 222 Å². The largest absolute Gasteiger partial charge is 0.269 e. The zero-order valence-electron chi connectivity index (χ0n) is 29.7. The second kappa shape index (κ2) is 12.1. The van der Waals surface area contributed by atoms with E-state index in [1.54, 1.807) is 0 Å². The van der Waals surface area contributed by atoms with Crippen molar-refractivity contribution in [1.82, 2.24) is 4.68 Å². The SMILES string of the molecule is C1=C(c2ccccc2)N(n2c3ccccc3c3cc4c(cc32)C(c2ccccc2)(c2ccccc2)c2ccccc2-4)C1c1cccc(-c2ccccc2)c1. The highest BCUT2D eigenvalue weighted by Crippen LogP contribution is 2.57. The first-order chi connectivity index (χ1) is 26.8. The highest BCUT2D eigenvalue weighted by molar-refractivity contribution is 6.12. The lowest BCUT2D eigenvalue weighted by Gasteiger charge is -2.44. The normalized spacial score (nSPS) is 15.4. The number of nitrogens with zero attached hydrogens (tertiary/aromatic N) is 2. The summed E-state index contributed by atoms with van der Waals surface area (Å²) in [6.07, 6.45) is 2.43. The standard InChI is InChI=1S/C52H36N2/c1-5-18-36(19-6-1)38-22-17-23-39(32-38)50-35-49(37-20-7-2-8-21-37)54(50)53-48-31-16-14-29-43(48)45-33-44-42-28-13-15-30-46(42)52(47(44)34-51(45)53,40-24-9-3-10-25-40)41-26-11-4-12-27-41/h1-35,50H. The Kier molecular flexibility index (Phi) is 6.87. The van der Waals surface area contributed by atoms with E-state index in [9.17, 15) is 0 Å². The molecule has 2 heterocycles. The number of rotatable bonds is 6. The van der Waals surface area contributed by atoms with Crippen molar-refractivity contribution < 1.29 is 0 Å². The van der Waals surface area contributed by atoms with Crippen molar-refractivity contribution in [3.8, 4) is 22.3 Å². The van der Waals surface area contributed by atoms with Gasteiger partial charge in [-0.2, -0.15) is 0 Å². The summed E-state index contributed by atoms with van der Waals surface area (Å²) < 4.78 is 2.51. The highest BCUT2D eigenvalue weighted by atomic mass is 15.6. The fourth-order valence-corrected chi connectivity index (χ4v) is 9.32. The van der Waals surface area contributed by atoms with Gasteiger partial charge in [0.25, 0.3) is 0 Å². The van der Waals surface area contributed by atoms with Gasteiger partial charge in [-0.1, -0.05) is 182 Å². The van der Waals surface area contributed by atoms with Gasteiger partial charge in [0, 0.05) is 10.8 Å². The second-order valence-corrected chi connectivity index (χ2v) is 14.5. The summed E-state index contributed by atoms with van der Waals surface area (Å²) in [5.74, 6) is 0. The van der Waals surface area contributed by atoms with Crippen LogP contribution in [-0.4, -0.2) is 4.68 Å². The van der Waals surface area contributed by atoms with Crippen LogP contribution in [0, 0.1) is 0 Å². The van der Waals surface area contributed by atoms with E-state index in [1.165, 1.54) is 83.1 Å². The third kappa shape index (κ3) is 4.41. The Morgan fingerprint density at radius 1 is 0.389 bits per heavy atom. The van der Waals surface area contributed by atoms with Crippen LogP contribution in [0.2, 0.25) is 0 Å². The van der Waals surface area contributed by atoms with Crippen LogP contribution < -0.4 is 5.01 Å². The Balaban J connectivity index is 1.21. The lowest BCUT2D eigenvalue weighted by molar-refractivity contribution is 0.630. The number of benzene rings is 8. The van der Waals surface area contributed by atoms with Crippen LogP contribution in [0.4, 0.5) is 0 Å². The summed E-state index contributed by atoms with van der Waals surface area (Å²) in [7, 11) is 0. The minimum atomic E-state index is -0.486. The van der Waals surface area contributed by atoms with Crippen molar-refractivity contribution in [1.29, 1.82) is 0 Å². The van der Waals surface area contributed by atoms with E-state index in [4.69, 9.17) is 0 Å². The van der Waals surface area contributed by atoms with Crippen molar-refractivity contribution in [2.24, 2.45) is 0 Å². The second-order valence-electron chi connectivity index (χ2n) is 14.5. The van der Waals surface area contributed by atoms with Crippen LogP contribution in [0.15, 0.2) is 212 Å². The average molecular weight is 689 g/mol. The minimum absolute atomic E-state index is 0.0290.